The maximum atomic E-state index is 6.57. The molecular weight excluding hydrogens is 440 g/mol. The lowest BCUT2D eigenvalue weighted by atomic mass is 10.0. The second kappa shape index (κ2) is 10.3. The first-order valence-electron chi connectivity index (χ1n) is 11.8. The van der Waals surface area contributed by atoms with Gasteiger partial charge in [0.05, 0.1) is 10.7 Å². The monoisotopic (exact) mass is 468 g/mol. The number of aromatic nitrogens is 1. The molecule has 0 atom stereocenters. The van der Waals surface area contributed by atoms with Crippen molar-refractivity contribution in [3.8, 4) is 11.3 Å². The summed E-state index contributed by atoms with van der Waals surface area (Å²) in [6.45, 7) is 7.59. The van der Waals surface area contributed by atoms with Crippen LogP contribution in [0.25, 0.3) is 22.0 Å². The van der Waals surface area contributed by atoms with Gasteiger partial charge in [-0.05, 0) is 73.3 Å². The molecule has 5 heteroatoms. The van der Waals surface area contributed by atoms with Crippen LogP contribution in [-0.2, 0) is 6.54 Å². The average molecular weight is 469 g/mol. The van der Waals surface area contributed by atoms with Gasteiger partial charge in [0.2, 0.25) is 0 Å². The van der Waals surface area contributed by atoms with Crippen LogP contribution < -0.4 is 10.6 Å². The van der Waals surface area contributed by atoms with Gasteiger partial charge in [0, 0.05) is 35.1 Å². The van der Waals surface area contributed by atoms with Crippen molar-refractivity contribution in [3.05, 3.63) is 102 Å². The van der Waals surface area contributed by atoms with Gasteiger partial charge in [-0.3, -0.25) is 9.88 Å². The molecule has 0 amide bonds. The van der Waals surface area contributed by atoms with Crippen LogP contribution in [0.1, 0.15) is 24.8 Å². The van der Waals surface area contributed by atoms with Crippen LogP contribution in [0.3, 0.4) is 0 Å². The zero-order chi connectivity index (χ0) is 23.3. The Morgan fingerprint density at radius 1 is 0.882 bits per heavy atom. The second-order valence-electron chi connectivity index (χ2n) is 8.84. The predicted octanol–water partition coefficient (Wildman–Crippen LogP) is 7.54. The Morgan fingerprint density at radius 2 is 1.62 bits per heavy atom. The first-order chi connectivity index (χ1) is 16.7. The molecule has 34 heavy (non-hydrogen) atoms. The van der Waals surface area contributed by atoms with Gasteiger partial charge in [0.25, 0.3) is 0 Å². The summed E-state index contributed by atoms with van der Waals surface area (Å²) < 4.78 is 0. The van der Waals surface area contributed by atoms with Gasteiger partial charge in [0.1, 0.15) is 5.82 Å². The summed E-state index contributed by atoms with van der Waals surface area (Å²) in [6.07, 6.45) is 5.81. The number of fused-ring (bicyclic) bond motifs is 1. The summed E-state index contributed by atoms with van der Waals surface area (Å²) in [5.74, 6) is 0.697. The average Bonchev–Trinajstić information content (AvgIpc) is 2.87. The number of hydrogen-bond acceptors (Lipinski definition) is 4. The number of hydrogen-bond donors (Lipinski definition) is 2. The zero-order valence-corrected chi connectivity index (χ0v) is 20.0. The summed E-state index contributed by atoms with van der Waals surface area (Å²) in [6, 6.07) is 24.7. The summed E-state index contributed by atoms with van der Waals surface area (Å²) in [5.41, 5.74) is 5.00. The molecule has 1 fully saturated rings. The molecule has 1 aliphatic heterocycles. The van der Waals surface area contributed by atoms with E-state index in [1.165, 1.54) is 37.9 Å². The molecule has 4 nitrogen and oxygen atoms in total. The molecule has 0 unspecified atom stereocenters. The van der Waals surface area contributed by atoms with E-state index in [2.05, 4.69) is 63.5 Å². The maximum Gasteiger partial charge on any atom is 0.100 e. The molecular formula is C29H29ClN4. The Kier molecular flexibility index (Phi) is 6.79. The smallest absolute Gasteiger partial charge is 0.100 e. The van der Waals surface area contributed by atoms with Crippen molar-refractivity contribution in [3.63, 3.8) is 0 Å². The van der Waals surface area contributed by atoms with E-state index in [0.717, 1.165) is 39.9 Å². The quantitative estimate of drug-likeness (QED) is 0.294. The van der Waals surface area contributed by atoms with Crippen molar-refractivity contribution >= 4 is 33.7 Å². The van der Waals surface area contributed by atoms with E-state index < -0.39 is 0 Å². The molecule has 0 saturated carbocycles. The van der Waals surface area contributed by atoms with Gasteiger partial charge in [-0.1, -0.05) is 61.0 Å². The minimum Gasteiger partial charge on any atom is -0.342 e. The number of likely N-dealkylation sites (tertiary alicyclic amines) is 1. The largest absolute Gasteiger partial charge is 0.342 e. The van der Waals surface area contributed by atoms with E-state index in [1.807, 2.05) is 42.6 Å². The SMILES string of the molecule is C=C(Nc1ccc(CN2CCCCC2)cc1)Nc1ccc(Cl)c(-c2nccc3ccccc23)c1. The first-order valence-corrected chi connectivity index (χ1v) is 12.2. The van der Waals surface area contributed by atoms with E-state index in [1.54, 1.807) is 0 Å². The fourth-order valence-electron chi connectivity index (χ4n) is 4.57. The van der Waals surface area contributed by atoms with Gasteiger partial charge < -0.3 is 10.6 Å². The summed E-state index contributed by atoms with van der Waals surface area (Å²) in [5, 5.41) is 9.59. The van der Waals surface area contributed by atoms with Crippen LogP contribution in [0, 0.1) is 0 Å². The zero-order valence-electron chi connectivity index (χ0n) is 19.2. The lowest BCUT2D eigenvalue weighted by Gasteiger charge is -2.26. The van der Waals surface area contributed by atoms with Crippen LogP contribution in [-0.4, -0.2) is 23.0 Å². The van der Waals surface area contributed by atoms with Crippen molar-refractivity contribution in [1.29, 1.82) is 0 Å². The van der Waals surface area contributed by atoms with Crippen molar-refractivity contribution < 1.29 is 0 Å². The van der Waals surface area contributed by atoms with Crippen molar-refractivity contribution in [2.75, 3.05) is 23.7 Å². The third-order valence-corrected chi connectivity index (χ3v) is 6.62. The number of anilines is 2. The maximum absolute atomic E-state index is 6.57. The van der Waals surface area contributed by atoms with E-state index in [0.29, 0.717) is 10.8 Å². The molecule has 1 aromatic heterocycles. The lowest BCUT2D eigenvalue weighted by Crippen LogP contribution is -2.29. The fourth-order valence-corrected chi connectivity index (χ4v) is 4.77. The normalized spacial score (nSPS) is 14.1. The van der Waals surface area contributed by atoms with E-state index in [4.69, 9.17) is 11.6 Å². The second-order valence-corrected chi connectivity index (χ2v) is 9.24. The Bertz CT molecular complexity index is 1290. The Labute approximate surface area is 206 Å². The van der Waals surface area contributed by atoms with Gasteiger partial charge in [-0.2, -0.15) is 0 Å². The molecule has 0 spiro atoms. The molecule has 172 valence electrons. The topological polar surface area (TPSA) is 40.2 Å². The minimum absolute atomic E-state index is 0.664. The molecule has 2 heterocycles. The van der Waals surface area contributed by atoms with Crippen LogP contribution in [0.5, 0.6) is 0 Å². The Hall–Kier alpha value is -3.34. The molecule has 2 N–H and O–H groups in total. The van der Waals surface area contributed by atoms with Crippen LogP contribution in [0.2, 0.25) is 5.02 Å². The summed E-state index contributed by atoms with van der Waals surface area (Å²) in [7, 11) is 0. The predicted molar refractivity (Wildman–Crippen MR) is 144 cm³/mol. The van der Waals surface area contributed by atoms with Gasteiger partial charge in [-0.15, -0.1) is 0 Å². The first kappa shape index (κ1) is 22.5. The van der Waals surface area contributed by atoms with Gasteiger partial charge in [0.15, 0.2) is 0 Å². The molecule has 5 rings (SSSR count). The molecule has 3 aromatic carbocycles. The van der Waals surface area contributed by atoms with Crippen molar-refractivity contribution in [2.45, 2.75) is 25.8 Å². The molecule has 0 aliphatic carbocycles. The van der Waals surface area contributed by atoms with E-state index in [-0.39, 0.29) is 0 Å². The summed E-state index contributed by atoms with van der Waals surface area (Å²) >= 11 is 6.57. The Balaban J connectivity index is 1.27. The van der Waals surface area contributed by atoms with E-state index >= 15 is 0 Å². The van der Waals surface area contributed by atoms with Crippen LogP contribution >= 0.6 is 11.6 Å². The molecule has 4 aromatic rings. The highest BCUT2D eigenvalue weighted by Crippen LogP contribution is 2.34. The minimum atomic E-state index is 0.664. The third-order valence-electron chi connectivity index (χ3n) is 6.29. The summed E-state index contributed by atoms with van der Waals surface area (Å²) in [4.78, 5) is 7.16. The van der Waals surface area contributed by atoms with Crippen LogP contribution in [0.4, 0.5) is 11.4 Å². The molecule has 1 aliphatic rings. The Morgan fingerprint density at radius 3 is 2.44 bits per heavy atom. The van der Waals surface area contributed by atoms with Crippen LogP contribution in [0.15, 0.2) is 91.4 Å². The number of halogens is 1. The number of rotatable bonds is 7. The highest BCUT2D eigenvalue weighted by molar-refractivity contribution is 6.33. The molecule has 0 radical (unpaired) electrons. The van der Waals surface area contributed by atoms with Crippen molar-refractivity contribution in [1.82, 2.24) is 9.88 Å². The van der Waals surface area contributed by atoms with Gasteiger partial charge >= 0.3 is 0 Å². The van der Waals surface area contributed by atoms with Crippen molar-refractivity contribution in [2.24, 2.45) is 0 Å². The fraction of sp³-hybridized carbons (Fsp3) is 0.207. The highest BCUT2D eigenvalue weighted by Gasteiger charge is 2.12. The van der Waals surface area contributed by atoms with E-state index in [9.17, 15) is 0 Å². The number of piperidine rings is 1. The number of benzene rings is 3. The van der Waals surface area contributed by atoms with Gasteiger partial charge in [-0.25, -0.2) is 0 Å². The molecule has 1 saturated heterocycles. The standard InChI is InChI=1S/C29H29ClN4/c1-21(32-24-11-9-22(10-12-24)20-34-17-5-2-6-18-34)33-25-13-14-28(30)27(19-25)29-26-8-4-3-7-23(26)15-16-31-29/h3-4,7-16,19,32-33H,1-2,5-6,17-18,20H2. The number of pyridine rings is 1. The number of nitrogens with one attached hydrogen (secondary N) is 2. The third kappa shape index (κ3) is 5.24. The highest BCUT2D eigenvalue weighted by atomic mass is 35.5. The lowest BCUT2D eigenvalue weighted by molar-refractivity contribution is 0.221. The molecule has 0 bridgehead atoms. The number of nitrogens with zero attached hydrogens (tertiary/aromatic N) is 2.